The minimum Gasteiger partial charge on any atom is -0.343 e. The minimum absolute atomic E-state index is 0. The molecule has 1 amide bonds. The van der Waals surface area contributed by atoms with Crippen molar-refractivity contribution < 1.29 is 4.79 Å². The fraction of sp³-hybridized carbons (Fsp3) is 0.500. The summed E-state index contributed by atoms with van der Waals surface area (Å²) in [6, 6.07) is 7.15. The van der Waals surface area contributed by atoms with Gasteiger partial charge in [0.25, 0.3) is 0 Å². The lowest BCUT2D eigenvalue weighted by atomic mass is 10.0. The topological polar surface area (TPSA) is 35.6 Å². The molecule has 0 heterocycles. The van der Waals surface area contributed by atoms with Crippen molar-refractivity contribution in [2.75, 3.05) is 41.3 Å². The van der Waals surface area contributed by atoms with Crippen molar-refractivity contribution in [2.24, 2.45) is 0 Å². The lowest BCUT2D eigenvalue weighted by Gasteiger charge is -2.28. The zero-order chi connectivity index (χ0) is 14.4. The second kappa shape index (κ2) is 11.1. The Hall–Kier alpha value is -0.520. The number of hydrogen-bond donors (Lipinski definition) is 1. The molecule has 0 radical (unpaired) electrons. The SMILES string of the molecule is CNCCN(C)C(=O)C(c1cccc(Cl)c1)N(C)C.Cl.Cl. The van der Waals surface area contributed by atoms with Gasteiger partial charge in [0.15, 0.2) is 0 Å². The van der Waals surface area contributed by atoms with Gasteiger partial charge in [0, 0.05) is 25.2 Å². The predicted octanol–water partition coefficient (Wildman–Crippen LogP) is 2.46. The summed E-state index contributed by atoms with van der Waals surface area (Å²) in [6.07, 6.45) is 0. The van der Waals surface area contributed by atoms with E-state index < -0.39 is 0 Å². The smallest absolute Gasteiger partial charge is 0.244 e. The van der Waals surface area contributed by atoms with Gasteiger partial charge in [-0.05, 0) is 38.8 Å². The Morgan fingerprint density at radius 2 is 1.90 bits per heavy atom. The molecule has 0 fully saturated rings. The third kappa shape index (κ3) is 6.85. The zero-order valence-electron chi connectivity index (χ0n) is 12.8. The number of likely N-dealkylation sites (N-methyl/N-ethyl adjacent to an activating group) is 3. The Kier molecular flexibility index (Phi) is 12.0. The molecule has 21 heavy (non-hydrogen) atoms. The largest absolute Gasteiger partial charge is 0.343 e. The molecule has 1 atom stereocenters. The van der Waals surface area contributed by atoms with E-state index in [1.807, 2.05) is 57.4 Å². The van der Waals surface area contributed by atoms with Gasteiger partial charge in [0.1, 0.15) is 6.04 Å². The quantitative estimate of drug-likeness (QED) is 0.850. The number of rotatable bonds is 6. The molecule has 1 N–H and O–H groups in total. The first-order valence-electron chi connectivity index (χ1n) is 6.29. The molecule has 1 aromatic rings. The number of carbonyl (C=O) groups excluding carboxylic acids is 1. The first-order valence-corrected chi connectivity index (χ1v) is 6.66. The van der Waals surface area contributed by atoms with E-state index in [4.69, 9.17) is 11.6 Å². The minimum atomic E-state index is -0.305. The van der Waals surface area contributed by atoms with Crippen LogP contribution in [0.2, 0.25) is 5.02 Å². The molecular weight excluding hydrogens is 333 g/mol. The van der Waals surface area contributed by atoms with E-state index in [-0.39, 0.29) is 36.8 Å². The number of nitrogens with zero attached hydrogens (tertiary/aromatic N) is 2. The molecule has 1 unspecified atom stereocenters. The average molecular weight is 357 g/mol. The number of amides is 1. The van der Waals surface area contributed by atoms with E-state index in [0.29, 0.717) is 11.6 Å². The fourth-order valence-corrected chi connectivity index (χ4v) is 2.14. The van der Waals surface area contributed by atoms with Crippen molar-refractivity contribution in [1.29, 1.82) is 0 Å². The normalized spacial score (nSPS) is 11.3. The van der Waals surface area contributed by atoms with Crippen LogP contribution >= 0.6 is 36.4 Å². The molecule has 0 aliphatic heterocycles. The summed E-state index contributed by atoms with van der Waals surface area (Å²) >= 11 is 6.01. The monoisotopic (exact) mass is 355 g/mol. The van der Waals surface area contributed by atoms with Crippen LogP contribution in [-0.2, 0) is 4.79 Å². The number of hydrogen-bond acceptors (Lipinski definition) is 3. The average Bonchev–Trinajstić information content (AvgIpc) is 2.35. The van der Waals surface area contributed by atoms with Gasteiger partial charge in [-0.2, -0.15) is 0 Å². The second-order valence-corrected chi connectivity index (χ2v) is 5.22. The Balaban J connectivity index is 0. The van der Waals surface area contributed by atoms with Gasteiger partial charge in [-0.15, -0.1) is 24.8 Å². The Labute approximate surface area is 144 Å². The highest BCUT2D eigenvalue weighted by Gasteiger charge is 2.25. The summed E-state index contributed by atoms with van der Waals surface area (Å²) in [6.45, 7) is 1.46. The molecule has 0 spiro atoms. The molecule has 4 nitrogen and oxygen atoms in total. The van der Waals surface area contributed by atoms with Crippen molar-refractivity contribution in [3.63, 3.8) is 0 Å². The maximum Gasteiger partial charge on any atom is 0.244 e. The van der Waals surface area contributed by atoms with E-state index in [9.17, 15) is 4.79 Å². The summed E-state index contributed by atoms with van der Waals surface area (Å²) in [5, 5.41) is 3.69. The van der Waals surface area contributed by atoms with E-state index in [1.54, 1.807) is 4.90 Å². The highest BCUT2D eigenvalue weighted by atomic mass is 35.5. The van der Waals surface area contributed by atoms with Crippen molar-refractivity contribution >= 4 is 42.3 Å². The molecule has 0 aliphatic rings. The van der Waals surface area contributed by atoms with Gasteiger partial charge in [-0.25, -0.2) is 0 Å². The van der Waals surface area contributed by atoms with Crippen LogP contribution in [0.25, 0.3) is 0 Å². The van der Waals surface area contributed by atoms with E-state index >= 15 is 0 Å². The summed E-state index contributed by atoms with van der Waals surface area (Å²) in [7, 11) is 7.49. The van der Waals surface area contributed by atoms with Gasteiger partial charge in [0.2, 0.25) is 5.91 Å². The molecule has 1 rings (SSSR count). The van der Waals surface area contributed by atoms with Crippen molar-refractivity contribution in [2.45, 2.75) is 6.04 Å². The fourth-order valence-electron chi connectivity index (χ4n) is 1.94. The zero-order valence-corrected chi connectivity index (χ0v) is 15.2. The molecule has 7 heteroatoms. The Bertz CT molecular complexity index is 430. The van der Waals surface area contributed by atoms with E-state index in [1.165, 1.54) is 0 Å². The molecule has 0 aromatic heterocycles. The summed E-state index contributed by atoms with van der Waals surface area (Å²) in [4.78, 5) is 16.2. The molecule has 0 bridgehead atoms. The Morgan fingerprint density at radius 3 is 2.38 bits per heavy atom. The lowest BCUT2D eigenvalue weighted by Crippen LogP contribution is -2.40. The second-order valence-electron chi connectivity index (χ2n) is 4.78. The van der Waals surface area contributed by atoms with Gasteiger partial charge in [-0.3, -0.25) is 9.69 Å². The van der Waals surface area contributed by atoms with E-state index in [0.717, 1.165) is 12.1 Å². The van der Waals surface area contributed by atoms with Crippen molar-refractivity contribution in [1.82, 2.24) is 15.1 Å². The molecule has 0 aliphatic carbocycles. The van der Waals surface area contributed by atoms with Crippen LogP contribution < -0.4 is 5.32 Å². The maximum atomic E-state index is 12.5. The first-order chi connectivity index (χ1) is 8.97. The van der Waals surface area contributed by atoms with Crippen LogP contribution in [0, 0.1) is 0 Å². The molecule has 1 aromatic carbocycles. The van der Waals surface area contributed by atoms with Crippen LogP contribution in [0.4, 0.5) is 0 Å². The molecule has 0 saturated heterocycles. The van der Waals surface area contributed by atoms with E-state index in [2.05, 4.69) is 5.32 Å². The van der Waals surface area contributed by atoms with Crippen molar-refractivity contribution in [3.8, 4) is 0 Å². The van der Waals surface area contributed by atoms with Gasteiger partial charge < -0.3 is 10.2 Å². The molecular formula is C14H24Cl3N3O. The highest BCUT2D eigenvalue weighted by molar-refractivity contribution is 6.30. The molecule has 122 valence electrons. The summed E-state index contributed by atoms with van der Waals surface area (Å²) < 4.78 is 0. The van der Waals surface area contributed by atoms with Crippen LogP contribution in [0.3, 0.4) is 0 Å². The standard InChI is InChI=1S/C14H22ClN3O.2ClH/c1-16-8-9-18(4)14(19)13(17(2)3)11-6-5-7-12(15)10-11;;/h5-7,10,13,16H,8-9H2,1-4H3;2*1H. The number of carbonyl (C=O) groups is 1. The first kappa shape index (κ1) is 22.8. The number of nitrogens with one attached hydrogen (secondary N) is 1. The third-order valence-corrected chi connectivity index (χ3v) is 3.22. The van der Waals surface area contributed by atoms with Crippen LogP contribution in [0.15, 0.2) is 24.3 Å². The van der Waals surface area contributed by atoms with Gasteiger partial charge in [0.05, 0.1) is 0 Å². The predicted molar refractivity (Wildman–Crippen MR) is 93.9 cm³/mol. The van der Waals surface area contributed by atoms with Gasteiger partial charge in [-0.1, -0.05) is 23.7 Å². The van der Waals surface area contributed by atoms with Crippen LogP contribution in [-0.4, -0.2) is 57.0 Å². The van der Waals surface area contributed by atoms with Crippen LogP contribution in [0.5, 0.6) is 0 Å². The number of benzene rings is 1. The Morgan fingerprint density at radius 1 is 1.29 bits per heavy atom. The summed E-state index contributed by atoms with van der Waals surface area (Å²) in [5.74, 6) is 0.0718. The van der Waals surface area contributed by atoms with Crippen molar-refractivity contribution in [3.05, 3.63) is 34.9 Å². The number of halogens is 3. The van der Waals surface area contributed by atoms with Crippen LogP contribution in [0.1, 0.15) is 11.6 Å². The molecule has 0 saturated carbocycles. The van der Waals surface area contributed by atoms with Gasteiger partial charge >= 0.3 is 0 Å². The maximum absolute atomic E-state index is 12.5. The lowest BCUT2D eigenvalue weighted by molar-refractivity contribution is -0.134. The third-order valence-electron chi connectivity index (χ3n) is 2.99. The summed E-state index contributed by atoms with van der Waals surface area (Å²) in [5.41, 5.74) is 0.916. The highest BCUT2D eigenvalue weighted by Crippen LogP contribution is 2.23.